The first kappa shape index (κ1) is 17.0. The fourth-order valence-corrected chi connectivity index (χ4v) is 1.98. The molecule has 0 radical (unpaired) electrons. The van der Waals surface area contributed by atoms with Gasteiger partial charge in [0.15, 0.2) is 0 Å². The van der Waals surface area contributed by atoms with E-state index in [-0.39, 0.29) is 10.8 Å². The normalized spacial score (nSPS) is 14.2. The molecule has 3 heteroatoms. The molecule has 4 N–H and O–H groups in total. The van der Waals surface area contributed by atoms with Gasteiger partial charge in [0.1, 0.15) is 25.0 Å². The van der Waals surface area contributed by atoms with E-state index in [1.165, 1.54) is 11.1 Å². The average molecular weight is 280 g/mol. The highest BCUT2D eigenvalue weighted by molar-refractivity contribution is 5.43. The molecule has 0 spiro atoms. The molecule has 0 amide bonds. The van der Waals surface area contributed by atoms with Gasteiger partial charge in [-0.25, -0.2) is 0 Å². The van der Waals surface area contributed by atoms with Crippen molar-refractivity contribution in [3.05, 3.63) is 29.3 Å². The monoisotopic (exact) mass is 280 g/mol. The second-order valence-corrected chi connectivity index (χ2v) is 7.46. The number of hydrogen-bond donors (Lipinski definition) is 2. The Kier molecular flexibility index (Phi) is 5.22. The van der Waals surface area contributed by atoms with Crippen LogP contribution in [0.25, 0.3) is 0 Å². The van der Waals surface area contributed by atoms with E-state index in [1.807, 2.05) is 6.07 Å². The van der Waals surface area contributed by atoms with Gasteiger partial charge in [0.2, 0.25) is 0 Å². The zero-order valence-electron chi connectivity index (χ0n) is 13.8. The number of benzene rings is 1. The molecule has 0 saturated carbocycles. The summed E-state index contributed by atoms with van der Waals surface area (Å²) in [5.41, 5.74) is 6.29. The van der Waals surface area contributed by atoms with Crippen molar-refractivity contribution in [1.82, 2.24) is 0 Å². The standard InChI is InChI=1S/C17H29NO2/c1-16(2,3)12-7-8-15(20-11-13(19)10-18)14(9-12)17(4,5)6/h7-9,13,19H,10-11,18H2,1-6H3/p+1/t13-/m0/s1. The van der Waals surface area contributed by atoms with Crippen molar-refractivity contribution in [2.45, 2.75) is 58.5 Å². The molecule has 1 rings (SSSR count). The third-order valence-electron chi connectivity index (χ3n) is 3.42. The van der Waals surface area contributed by atoms with Gasteiger partial charge in [0.05, 0.1) is 0 Å². The fraction of sp³-hybridized carbons (Fsp3) is 0.647. The Hall–Kier alpha value is -1.06. The molecule has 0 saturated heterocycles. The van der Waals surface area contributed by atoms with E-state index in [4.69, 9.17) is 4.74 Å². The Labute approximate surface area is 123 Å². The summed E-state index contributed by atoms with van der Waals surface area (Å²) in [6, 6.07) is 6.37. The lowest BCUT2D eigenvalue weighted by atomic mass is 9.80. The molecule has 114 valence electrons. The Morgan fingerprint density at radius 1 is 1.10 bits per heavy atom. The average Bonchev–Trinajstić information content (AvgIpc) is 2.33. The zero-order chi connectivity index (χ0) is 15.6. The van der Waals surface area contributed by atoms with Crippen molar-refractivity contribution in [1.29, 1.82) is 0 Å². The predicted octanol–water partition coefficient (Wildman–Crippen LogP) is 2.26. The summed E-state index contributed by atoms with van der Waals surface area (Å²) in [7, 11) is 0. The van der Waals surface area contributed by atoms with Crippen LogP contribution in [0.3, 0.4) is 0 Å². The topological polar surface area (TPSA) is 57.1 Å². The number of rotatable bonds is 4. The van der Waals surface area contributed by atoms with Gasteiger partial charge in [0.25, 0.3) is 0 Å². The van der Waals surface area contributed by atoms with Crippen molar-refractivity contribution >= 4 is 0 Å². The van der Waals surface area contributed by atoms with Gasteiger partial charge in [-0.1, -0.05) is 53.7 Å². The predicted molar refractivity (Wildman–Crippen MR) is 83.1 cm³/mol. The van der Waals surface area contributed by atoms with E-state index in [1.54, 1.807) is 0 Å². The van der Waals surface area contributed by atoms with Crippen LogP contribution in [0.4, 0.5) is 0 Å². The Morgan fingerprint density at radius 3 is 2.15 bits per heavy atom. The molecule has 3 nitrogen and oxygen atoms in total. The summed E-state index contributed by atoms with van der Waals surface area (Å²) in [6.07, 6.45) is -0.509. The summed E-state index contributed by atoms with van der Waals surface area (Å²) >= 11 is 0. The zero-order valence-corrected chi connectivity index (χ0v) is 13.8. The van der Waals surface area contributed by atoms with E-state index in [0.29, 0.717) is 13.2 Å². The molecular weight excluding hydrogens is 250 g/mol. The third kappa shape index (κ3) is 4.50. The first-order valence-electron chi connectivity index (χ1n) is 7.31. The molecule has 0 aliphatic rings. The van der Waals surface area contributed by atoms with Crippen molar-refractivity contribution in [2.75, 3.05) is 13.2 Å². The molecule has 0 aliphatic heterocycles. The lowest BCUT2D eigenvalue weighted by Gasteiger charge is -2.27. The van der Waals surface area contributed by atoms with Gasteiger partial charge in [-0.15, -0.1) is 0 Å². The van der Waals surface area contributed by atoms with E-state index >= 15 is 0 Å². The van der Waals surface area contributed by atoms with E-state index < -0.39 is 6.10 Å². The van der Waals surface area contributed by atoms with Gasteiger partial charge in [-0.3, -0.25) is 0 Å². The number of quaternary nitrogens is 1. The van der Waals surface area contributed by atoms with Crippen LogP contribution < -0.4 is 10.5 Å². The number of aliphatic hydroxyl groups is 1. The maximum atomic E-state index is 9.61. The third-order valence-corrected chi connectivity index (χ3v) is 3.42. The van der Waals surface area contributed by atoms with Crippen molar-refractivity contribution in [3.8, 4) is 5.75 Å². The van der Waals surface area contributed by atoms with Crippen LogP contribution in [0.5, 0.6) is 5.75 Å². The minimum absolute atomic E-state index is 0.00596. The summed E-state index contributed by atoms with van der Waals surface area (Å²) < 4.78 is 5.79. The van der Waals surface area contributed by atoms with Gasteiger partial charge in [-0.05, 0) is 28.0 Å². The van der Waals surface area contributed by atoms with Crippen LogP contribution >= 0.6 is 0 Å². The van der Waals surface area contributed by atoms with Crippen LogP contribution in [0.15, 0.2) is 18.2 Å². The van der Waals surface area contributed by atoms with Crippen molar-refractivity contribution in [3.63, 3.8) is 0 Å². The molecule has 0 heterocycles. The van der Waals surface area contributed by atoms with Crippen LogP contribution in [0.1, 0.15) is 52.7 Å². The minimum Gasteiger partial charge on any atom is -0.490 e. The summed E-state index contributed by atoms with van der Waals surface area (Å²) in [5, 5.41) is 9.61. The van der Waals surface area contributed by atoms with Gasteiger partial charge >= 0.3 is 0 Å². The number of aliphatic hydroxyl groups excluding tert-OH is 1. The highest BCUT2D eigenvalue weighted by Crippen LogP contribution is 2.35. The summed E-state index contributed by atoms with van der Waals surface area (Å²) in [5.74, 6) is 0.859. The van der Waals surface area contributed by atoms with Crippen LogP contribution in [-0.4, -0.2) is 24.4 Å². The smallest absolute Gasteiger partial charge is 0.136 e. The number of hydrogen-bond acceptors (Lipinski definition) is 2. The molecular formula is C17H30NO2+. The second-order valence-electron chi connectivity index (χ2n) is 7.46. The Balaban J connectivity index is 3.12. The SMILES string of the molecule is CC(C)(C)c1ccc(OC[C@@H](O)C[NH3+])c(C(C)(C)C)c1. The number of ether oxygens (including phenoxy) is 1. The van der Waals surface area contributed by atoms with Crippen LogP contribution in [-0.2, 0) is 10.8 Å². The van der Waals surface area contributed by atoms with Gasteiger partial charge < -0.3 is 15.6 Å². The molecule has 1 aromatic carbocycles. The summed E-state index contributed by atoms with van der Waals surface area (Å²) in [6.45, 7) is 13.9. The van der Waals surface area contributed by atoms with Crippen LogP contribution in [0.2, 0.25) is 0 Å². The molecule has 0 fully saturated rings. The summed E-state index contributed by atoms with van der Waals surface area (Å²) in [4.78, 5) is 0. The van der Waals surface area contributed by atoms with E-state index in [2.05, 4.69) is 59.4 Å². The van der Waals surface area contributed by atoms with Crippen molar-refractivity contribution < 1.29 is 15.6 Å². The van der Waals surface area contributed by atoms with Gasteiger partial charge in [0, 0.05) is 0 Å². The highest BCUT2D eigenvalue weighted by atomic mass is 16.5. The maximum Gasteiger partial charge on any atom is 0.136 e. The molecule has 0 aromatic heterocycles. The molecule has 20 heavy (non-hydrogen) atoms. The molecule has 1 atom stereocenters. The largest absolute Gasteiger partial charge is 0.490 e. The molecule has 0 unspecified atom stereocenters. The molecule has 0 bridgehead atoms. The van der Waals surface area contributed by atoms with Crippen LogP contribution in [0, 0.1) is 0 Å². The lowest BCUT2D eigenvalue weighted by molar-refractivity contribution is -0.384. The maximum absolute atomic E-state index is 9.61. The lowest BCUT2D eigenvalue weighted by Crippen LogP contribution is -2.56. The molecule has 0 aliphatic carbocycles. The molecule has 1 aromatic rings. The Morgan fingerprint density at radius 2 is 1.70 bits per heavy atom. The van der Waals surface area contributed by atoms with E-state index in [0.717, 1.165) is 5.75 Å². The van der Waals surface area contributed by atoms with E-state index in [9.17, 15) is 5.11 Å². The second kappa shape index (κ2) is 6.15. The van der Waals surface area contributed by atoms with Gasteiger partial charge in [-0.2, -0.15) is 0 Å². The first-order chi connectivity index (χ1) is 9.05. The Bertz CT molecular complexity index is 441. The van der Waals surface area contributed by atoms with Crippen molar-refractivity contribution in [2.24, 2.45) is 0 Å². The fourth-order valence-electron chi connectivity index (χ4n) is 1.98. The quantitative estimate of drug-likeness (QED) is 0.889. The highest BCUT2D eigenvalue weighted by Gasteiger charge is 2.23. The minimum atomic E-state index is -0.509. The first-order valence-corrected chi connectivity index (χ1v) is 7.31.